The van der Waals surface area contributed by atoms with E-state index in [0.717, 1.165) is 12.0 Å². The largest absolute Gasteiger partial charge is 0.490 e. The van der Waals surface area contributed by atoms with E-state index in [0.29, 0.717) is 41.0 Å². The van der Waals surface area contributed by atoms with Crippen LogP contribution in [0.2, 0.25) is 5.02 Å². The van der Waals surface area contributed by atoms with Gasteiger partial charge in [-0.25, -0.2) is 4.39 Å². The molecule has 0 aliphatic carbocycles. The summed E-state index contributed by atoms with van der Waals surface area (Å²) in [5.41, 5.74) is 1.90. The van der Waals surface area contributed by atoms with Crippen molar-refractivity contribution in [2.24, 2.45) is 0 Å². The van der Waals surface area contributed by atoms with Gasteiger partial charge in [0.05, 0.1) is 18.2 Å². The van der Waals surface area contributed by atoms with Crippen LogP contribution in [-0.2, 0) is 4.79 Å². The van der Waals surface area contributed by atoms with Gasteiger partial charge in [-0.3, -0.25) is 4.79 Å². The summed E-state index contributed by atoms with van der Waals surface area (Å²) < 4.78 is 24.6. The van der Waals surface area contributed by atoms with Gasteiger partial charge in [0.25, 0.3) is 0 Å². The molecule has 0 aromatic heterocycles. The smallest absolute Gasteiger partial charge is 0.248 e. The number of hydrogen-bond acceptors (Lipinski definition) is 3. The zero-order valence-electron chi connectivity index (χ0n) is 15.6. The van der Waals surface area contributed by atoms with E-state index in [1.54, 1.807) is 31.2 Å². The van der Waals surface area contributed by atoms with Gasteiger partial charge in [0.15, 0.2) is 11.5 Å². The molecule has 0 aliphatic rings. The average molecular weight is 392 g/mol. The molecule has 0 heterocycles. The SMILES string of the molecule is CCCOc1c(Cl)cc(C=CC(=O)Nc2cc(F)ccc2C)cc1OCC. The van der Waals surface area contributed by atoms with Crippen LogP contribution in [0.15, 0.2) is 36.4 Å². The number of halogens is 2. The molecule has 2 aromatic rings. The Labute approximate surface area is 163 Å². The minimum atomic E-state index is -0.407. The van der Waals surface area contributed by atoms with Crippen LogP contribution in [0.1, 0.15) is 31.4 Å². The third-order valence-corrected chi connectivity index (χ3v) is 3.95. The number of ether oxygens (including phenoxy) is 2. The summed E-state index contributed by atoms with van der Waals surface area (Å²) >= 11 is 6.31. The second kappa shape index (κ2) is 9.97. The molecule has 27 heavy (non-hydrogen) atoms. The van der Waals surface area contributed by atoms with Crippen molar-refractivity contribution < 1.29 is 18.7 Å². The van der Waals surface area contributed by atoms with Crippen molar-refractivity contribution in [3.8, 4) is 11.5 Å². The molecule has 1 N–H and O–H groups in total. The van der Waals surface area contributed by atoms with Crippen LogP contribution in [0, 0.1) is 12.7 Å². The fourth-order valence-corrected chi connectivity index (χ4v) is 2.64. The van der Waals surface area contributed by atoms with Gasteiger partial charge in [0.2, 0.25) is 5.91 Å². The fraction of sp³-hybridized carbons (Fsp3) is 0.286. The first-order valence-electron chi connectivity index (χ1n) is 8.79. The molecule has 144 valence electrons. The standard InChI is InChI=1S/C21H23ClFNO3/c1-4-10-27-21-17(22)11-15(12-19(21)26-5-2)7-9-20(25)24-18-13-16(23)8-6-14(18)3/h6-9,11-13H,4-5,10H2,1-3H3,(H,24,25). The Morgan fingerprint density at radius 3 is 2.70 bits per heavy atom. The van der Waals surface area contributed by atoms with E-state index in [-0.39, 0.29) is 5.91 Å². The van der Waals surface area contributed by atoms with Gasteiger partial charge in [-0.15, -0.1) is 0 Å². The highest BCUT2D eigenvalue weighted by molar-refractivity contribution is 6.32. The molecule has 0 saturated carbocycles. The molecule has 0 unspecified atom stereocenters. The number of anilines is 1. The molecule has 2 aromatic carbocycles. The van der Waals surface area contributed by atoms with E-state index in [4.69, 9.17) is 21.1 Å². The van der Waals surface area contributed by atoms with Crippen molar-refractivity contribution in [1.82, 2.24) is 0 Å². The van der Waals surface area contributed by atoms with Crippen molar-refractivity contribution in [3.05, 3.63) is 58.4 Å². The zero-order chi connectivity index (χ0) is 19.8. The maximum Gasteiger partial charge on any atom is 0.248 e. The van der Waals surface area contributed by atoms with E-state index < -0.39 is 5.82 Å². The van der Waals surface area contributed by atoms with Gasteiger partial charge in [-0.1, -0.05) is 24.6 Å². The number of carbonyl (C=O) groups excluding carboxylic acids is 1. The first kappa shape index (κ1) is 20.8. The summed E-state index contributed by atoms with van der Waals surface area (Å²) in [5.74, 6) is 0.247. The van der Waals surface area contributed by atoms with Crippen molar-refractivity contribution in [2.75, 3.05) is 18.5 Å². The predicted molar refractivity (Wildman–Crippen MR) is 107 cm³/mol. The summed E-state index contributed by atoms with van der Waals surface area (Å²) in [4.78, 5) is 12.1. The van der Waals surface area contributed by atoms with Crippen LogP contribution in [0.4, 0.5) is 10.1 Å². The summed E-state index contributed by atoms with van der Waals surface area (Å²) in [6, 6.07) is 7.70. The number of amides is 1. The maximum atomic E-state index is 13.3. The number of nitrogens with one attached hydrogen (secondary N) is 1. The van der Waals surface area contributed by atoms with Gasteiger partial charge < -0.3 is 14.8 Å². The van der Waals surface area contributed by atoms with Crippen molar-refractivity contribution in [1.29, 1.82) is 0 Å². The van der Waals surface area contributed by atoms with Crippen LogP contribution >= 0.6 is 11.6 Å². The second-order valence-corrected chi connectivity index (χ2v) is 6.30. The molecule has 6 heteroatoms. The van der Waals surface area contributed by atoms with Gasteiger partial charge >= 0.3 is 0 Å². The molecule has 2 rings (SSSR count). The minimum absolute atomic E-state index is 0.371. The first-order valence-corrected chi connectivity index (χ1v) is 9.16. The van der Waals surface area contributed by atoms with E-state index in [1.807, 2.05) is 13.8 Å². The lowest BCUT2D eigenvalue weighted by Gasteiger charge is -2.14. The molecule has 0 fully saturated rings. The Kier molecular flexibility index (Phi) is 7.67. The van der Waals surface area contributed by atoms with Crippen LogP contribution in [0.25, 0.3) is 6.08 Å². The lowest BCUT2D eigenvalue weighted by Crippen LogP contribution is -2.09. The highest BCUT2D eigenvalue weighted by Gasteiger charge is 2.12. The lowest BCUT2D eigenvalue weighted by atomic mass is 10.1. The van der Waals surface area contributed by atoms with E-state index in [1.165, 1.54) is 18.2 Å². The molecule has 0 aliphatic heterocycles. The molecule has 0 radical (unpaired) electrons. The quantitative estimate of drug-likeness (QED) is 0.593. The third kappa shape index (κ3) is 6.00. The van der Waals surface area contributed by atoms with Crippen molar-refractivity contribution in [2.45, 2.75) is 27.2 Å². The van der Waals surface area contributed by atoms with Crippen LogP contribution < -0.4 is 14.8 Å². The number of rotatable bonds is 8. The Bertz CT molecular complexity index is 836. The van der Waals surface area contributed by atoms with E-state index >= 15 is 0 Å². The molecule has 1 amide bonds. The Hall–Kier alpha value is -2.53. The summed E-state index contributed by atoms with van der Waals surface area (Å²) in [6.45, 7) is 6.66. The van der Waals surface area contributed by atoms with Gasteiger partial charge in [-0.2, -0.15) is 0 Å². The van der Waals surface area contributed by atoms with Gasteiger partial charge in [0, 0.05) is 11.8 Å². The molecule has 0 spiro atoms. The maximum absolute atomic E-state index is 13.3. The number of aryl methyl sites for hydroxylation is 1. The molecule has 0 atom stereocenters. The van der Waals surface area contributed by atoms with Gasteiger partial charge in [0.1, 0.15) is 5.82 Å². The predicted octanol–water partition coefficient (Wildman–Crippen LogP) is 5.63. The van der Waals surface area contributed by atoms with Crippen LogP contribution in [0.5, 0.6) is 11.5 Å². The highest BCUT2D eigenvalue weighted by atomic mass is 35.5. The Balaban J connectivity index is 2.17. The number of carbonyl (C=O) groups is 1. The summed E-state index contributed by atoms with van der Waals surface area (Å²) in [6.07, 6.45) is 3.82. The molecule has 0 bridgehead atoms. The fourth-order valence-electron chi connectivity index (χ4n) is 2.37. The topological polar surface area (TPSA) is 47.6 Å². The summed E-state index contributed by atoms with van der Waals surface area (Å²) in [7, 11) is 0. The third-order valence-electron chi connectivity index (χ3n) is 3.67. The molecule has 4 nitrogen and oxygen atoms in total. The first-order chi connectivity index (χ1) is 12.9. The Morgan fingerprint density at radius 2 is 2.00 bits per heavy atom. The molecular formula is C21H23ClFNO3. The van der Waals surface area contributed by atoms with Gasteiger partial charge in [-0.05, 0) is 61.7 Å². The van der Waals surface area contributed by atoms with E-state index in [2.05, 4.69) is 5.32 Å². The highest BCUT2D eigenvalue weighted by Crippen LogP contribution is 2.37. The molecule has 0 saturated heterocycles. The Morgan fingerprint density at radius 1 is 1.22 bits per heavy atom. The summed E-state index contributed by atoms with van der Waals surface area (Å²) in [5, 5.41) is 3.07. The van der Waals surface area contributed by atoms with Crippen molar-refractivity contribution in [3.63, 3.8) is 0 Å². The monoisotopic (exact) mass is 391 g/mol. The van der Waals surface area contributed by atoms with Crippen LogP contribution in [-0.4, -0.2) is 19.1 Å². The zero-order valence-corrected chi connectivity index (χ0v) is 16.4. The number of benzene rings is 2. The number of hydrogen-bond donors (Lipinski definition) is 1. The second-order valence-electron chi connectivity index (χ2n) is 5.89. The normalized spacial score (nSPS) is 10.9. The van der Waals surface area contributed by atoms with Crippen LogP contribution in [0.3, 0.4) is 0 Å². The van der Waals surface area contributed by atoms with Crippen molar-refractivity contribution >= 4 is 29.3 Å². The van der Waals surface area contributed by atoms with E-state index in [9.17, 15) is 9.18 Å². The lowest BCUT2D eigenvalue weighted by molar-refractivity contribution is -0.111. The minimum Gasteiger partial charge on any atom is -0.490 e. The average Bonchev–Trinajstić information content (AvgIpc) is 2.62. The molecular weight excluding hydrogens is 369 g/mol.